The van der Waals surface area contributed by atoms with Gasteiger partial charge in [0, 0.05) is 31.0 Å². The SMILES string of the molecule is Cn1cc(C(N)c2nc3cnccc3n2C2CC2)cn1. The van der Waals surface area contributed by atoms with E-state index in [0.717, 1.165) is 22.4 Å². The summed E-state index contributed by atoms with van der Waals surface area (Å²) in [6.07, 6.45) is 9.75. The molecule has 2 N–H and O–H groups in total. The lowest BCUT2D eigenvalue weighted by Gasteiger charge is -2.12. The number of fused-ring (bicyclic) bond motifs is 1. The van der Waals surface area contributed by atoms with Crippen LogP contribution >= 0.6 is 0 Å². The van der Waals surface area contributed by atoms with Crippen molar-refractivity contribution in [2.75, 3.05) is 0 Å². The van der Waals surface area contributed by atoms with E-state index in [1.54, 1.807) is 17.1 Å². The first-order valence-corrected chi connectivity index (χ1v) is 6.80. The second kappa shape index (κ2) is 4.14. The largest absolute Gasteiger partial charge is 0.323 e. The molecule has 0 amide bonds. The first kappa shape index (κ1) is 11.6. The van der Waals surface area contributed by atoms with Gasteiger partial charge in [0.1, 0.15) is 11.3 Å². The fourth-order valence-corrected chi connectivity index (χ4v) is 2.66. The van der Waals surface area contributed by atoms with Gasteiger partial charge in [0.25, 0.3) is 0 Å². The van der Waals surface area contributed by atoms with Gasteiger partial charge in [0.15, 0.2) is 0 Å². The number of nitrogens with zero attached hydrogens (tertiary/aromatic N) is 5. The van der Waals surface area contributed by atoms with Gasteiger partial charge in [0.2, 0.25) is 0 Å². The number of rotatable bonds is 3. The lowest BCUT2D eigenvalue weighted by atomic mass is 10.1. The molecule has 3 aromatic heterocycles. The summed E-state index contributed by atoms with van der Waals surface area (Å²) in [5, 5.41) is 4.19. The van der Waals surface area contributed by atoms with Crippen LogP contribution in [0.1, 0.15) is 36.3 Å². The number of hydrogen-bond donors (Lipinski definition) is 1. The molecule has 102 valence electrons. The topological polar surface area (TPSA) is 74.6 Å². The Bertz CT molecular complexity index is 767. The molecule has 3 aromatic rings. The third-order valence-corrected chi connectivity index (χ3v) is 3.79. The van der Waals surface area contributed by atoms with Gasteiger partial charge < -0.3 is 10.3 Å². The van der Waals surface area contributed by atoms with E-state index in [0.29, 0.717) is 6.04 Å². The Morgan fingerprint density at radius 3 is 2.90 bits per heavy atom. The quantitative estimate of drug-likeness (QED) is 0.782. The number of aromatic nitrogens is 5. The van der Waals surface area contributed by atoms with Crippen LogP contribution in [-0.2, 0) is 7.05 Å². The average molecular weight is 268 g/mol. The summed E-state index contributed by atoms with van der Waals surface area (Å²) < 4.78 is 4.04. The minimum atomic E-state index is -0.253. The van der Waals surface area contributed by atoms with E-state index in [4.69, 9.17) is 10.7 Å². The van der Waals surface area contributed by atoms with E-state index in [1.807, 2.05) is 25.5 Å². The maximum atomic E-state index is 6.40. The lowest BCUT2D eigenvalue weighted by molar-refractivity contribution is 0.658. The predicted molar refractivity (Wildman–Crippen MR) is 75.0 cm³/mol. The van der Waals surface area contributed by atoms with Gasteiger partial charge in [-0.2, -0.15) is 5.10 Å². The number of nitrogens with two attached hydrogens (primary N) is 1. The van der Waals surface area contributed by atoms with Crippen LogP contribution in [0.3, 0.4) is 0 Å². The summed E-state index contributed by atoms with van der Waals surface area (Å²) in [5.41, 5.74) is 9.42. The Morgan fingerprint density at radius 1 is 1.35 bits per heavy atom. The van der Waals surface area contributed by atoms with Crippen molar-refractivity contribution in [3.8, 4) is 0 Å². The van der Waals surface area contributed by atoms with E-state index in [1.165, 1.54) is 12.8 Å². The molecule has 6 heteroatoms. The summed E-state index contributed by atoms with van der Waals surface area (Å²) in [5.74, 6) is 0.906. The Hall–Kier alpha value is -2.21. The van der Waals surface area contributed by atoms with Crippen LogP contribution in [0, 0.1) is 0 Å². The van der Waals surface area contributed by atoms with Crippen molar-refractivity contribution >= 4 is 11.0 Å². The smallest absolute Gasteiger partial charge is 0.131 e. The number of imidazole rings is 1. The molecule has 1 fully saturated rings. The van der Waals surface area contributed by atoms with Crippen LogP contribution in [0.25, 0.3) is 11.0 Å². The number of aryl methyl sites for hydroxylation is 1. The maximum Gasteiger partial charge on any atom is 0.131 e. The fraction of sp³-hybridized carbons (Fsp3) is 0.357. The van der Waals surface area contributed by atoms with Crippen LogP contribution in [-0.4, -0.2) is 24.3 Å². The van der Waals surface area contributed by atoms with Crippen molar-refractivity contribution in [2.24, 2.45) is 12.8 Å². The van der Waals surface area contributed by atoms with Crippen molar-refractivity contribution < 1.29 is 0 Å². The summed E-state index contributed by atoms with van der Waals surface area (Å²) in [4.78, 5) is 8.85. The molecule has 1 saturated carbocycles. The summed E-state index contributed by atoms with van der Waals surface area (Å²) >= 11 is 0. The second-order valence-corrected chi connectivity index (χ2v) is 5.36. The van der Waals surface area contributed by atoms with Crippen molar-refractivity contribution in [3.05, 3.63) is 42.2 Å². The van der Waals surface area contributed by atoms with Crippen LogP contribution in [0.2, 0.25) is 0 Å². The highest BCUT2D eigenvalue weighted by molar-refractivity contribution is 5.75. The maximum absolute atomic E-state index is 6.40. The molecule has 3 heterocycles. The van der Waals surface area contributed by atoms with Gasteiger partial charge in [-0.25, -0.2) is 4.98 Å². The molecule has 1 atom stereocenters. The lowest BCUT2D eigenvalue weighted by Crippen LogP contribution is -2.17. The first-order valence-electron chi connectivity index (χ1n) is 6.80. The molecule has 0 radical (unpaired) electrons. The van der Waals surface area contributed by atoms with Gasteiger partial charge in [-0.15, -0.1) is 0 Å². The highest BCUT2D eigenvalue weighted by Gasteiger charge is 2.30. The summed E-state index contributed by atoms with van der Waals surface area (Å²) in [7, 11) is 1.89. The van der Waals surface area contributed by atoms with E-state index in [9.17, 15) is 0 Å². The normalized spacial score (nSPS) is 16.7. The van der Waals surface area contributed by atoms with Gasteiger partial charge >= 0.3 is 0 Å². The molecular formula is C14H16N6. The Morgan fingerprint density at radius 2 is 2.20 bits per heavy atom. The second-order valence-electron chi connectivity index (χ2n) is 5.36. The minimum absolute atomic E-state index is 0.253. The molecule has 0 bridgehead atoms. The van der Waals surface area contributed by atoms with Gasteiger partial charge in [0.05, 0.1) is 24.0 Å². The average Bonchev–Trinajstić information content (AvgIpc) is 3.08. The van der Waals surface area contributed by atoms with E-state index in [2.05, 4.69) is 14.6 Å². The van der Waals surface area contributed by atoms with E-state index >= 15 is 0 Å². The van der Waals surface area contributed by atoms with Crippen molar-refractivity contribution in [3.63, 3.8) is 0 Å². The van der Waals surface area contributed by atoms with Crippen molar-refractivity contribution in [1.29, 1.82) is 0 Å². The number of pyridine rings is 1. The van der Waals surface area contributed by atoms with Crippen LogP contribution in [0.4, 0.5) is 0 Å². The monoisotopic (exact) mass is 268 g/mol. The van der Waals surface area contributed by atoms with Crippen LogP contribution in [0.15, 0.2) is 30.9 Å². The van der Waals surface area contributed by atoms with Gasteiger partial charge in [-0.3, -0.25) is 9.67 Å². The standard InChI is InChI=1S/C14H16N6/c1-19-8-9(6-17-19)13(15)14-18-11-7-16-5-4-12(11)20(14)10-2-3-10/h4-8,10,13H,2-3,15H2,1H3. The molecule has 0 spiro atoms. The third-order valence-electron chi connectivity index (χ3n) is 3.79. The number of hydrogen-bond acceptors (Lipinski definition) is 4. The highest BCUT2D eigenvalue weighted by Crippen LogP contribution is 2.40. The summed E-state index contributed by atoms with van der Waals surface area (Å²) in [6.45, 7) is 0. The summed E-state index contributed by atoms with van der Waals surface area (Å²) in [6, 6.07) is 2.29. The molecule has 0 saturated heterocycles. The van der Waals surface area contributed by atoms with E-state index < -0.39 is 0 Å². The fourth-order valence-electron chi connectivity index (χ4n) is 2.66. The zero-order valence-corrected chi connectivity index (χ0v) is 11.3. The van der Waals surface area contributed by atoms with Gasteiger partial charge in [-0.1, -0.05) is 0 Å². The zero-order valence-electron chi connectivity index (χ0n) is 11.3. The van der Waals surface area contributed by atoms with Gasteiger partial charge in [-0.05, 0) is 18.9 Å². The third kappa shape index (κ3) is 1.72. The molecular weight excluding hydrogens is 252 g/mol. The molecule has 6 nitrogen and oxygen atoms in total. The van der Waals surface area contributed by atoms with Crippen molar-refractivity contribution in [1.82, 2.24) is 24.3 Å². The van der Waals surface area contributed by atoms with E-state index in [-0.39, 0.29) is 6.04 Å². The van der Waals surface area contributed by atoms with Crippen molar-refractivity contribution in [2.45, 2.75) is 24.9 Å². The minimum Gasteiger partial charge on any atom is -0.323 e. The Kier molecular flexibility index (Phi) is 2.40. The zero-order chi connectivity index (χ0) is 13.7. The van der Waals surface area contributed by atoms with Crippen LogP contribution < -0.4 is 5.73 Å². The molecule has 0 aromatic carbocycles. The Balaban J connectivity index is 1.88. The molecule has 0 aliphatic heterocycles. The van der Waals surface area contributed by atoms with Crippen LogP contribution in [0.5, 0.6) is 0 Å². The molecule has 1 unspecified atom stereocenters. The Labute approximate surface area is 116 Å². The highest BCUT2D eigenvalue weighted by atomic mass is 15.2. The molecule has 4 rings (SSSR count). The molecule has 1 aliphatic rings. The molecule has 1 aliphatic carbocycles. The first-order chi connectivity index (χ1) is 9.74. The predicted octanol–water partition coefficient (Wildman–Crippen LogP) is 1.55. The molecule has 20 heavy (non-hydrogen) atoms.